The molecule has 2 aliphatic rings. The van der Waals surface area contributed by atoms with Crippen LogP contribution in [0.5, 0.6) is 0 Å². The van der Waals surface area contributed by atoms with Gasteiger partial charge in [0.15, 0.2) is 18.2 Å². The summed E-state index contributed by atoms with van der Waals surface area (Å²) in [6.45, 7) is 3.15. The van der Waals surface area contributed by atoms with Crippen molar-refractivity contribution in [1.82, 2.24) is 0 Å². The number of aldehydes is 1. The minimum absolute atomic E-state index is 0.0864. The predicted octanol–water partition coefficient (Wildman–Crippen LogP) is 0.103. The van der Waals surface area contributed by atoms with Gasteiger partial charge in [0.05, 0.1) is 12.6 Å². The van der Waals surface area contributed by atoms with Gasteiger partial charge in [-0.2, -0.15) is 0 Å². The molecule has 8 heteroatoms. The Morgan fingerprint density at radius 3 is 2.76 bits per heavy atom. The number of azide groups is 1. The van der Waals surface area contributed by atoms with Crippen LogP contribution in [0.2, 0.25) is 0 Å². The van der Waals surface area contributed by atoms with Gasteiger partial charge in [0.1, 0.15) is 6.10 Å². The van der Waals surface area contributed by atoms with Crippen molar-refractivity contribution in [2.75, 3.05) is 6.54 Å². The molecule has 0 aromatic carbocycles. The molecule has 2 saturated heterocycles. The molecule has 0 radical (unpaired) electrons. The van der Waals surface area contributed by atoms with Gasteiger partial charge in [0.2, 0.25) is 0 Å². The second kappa shape index (κ2) is 3.94. The van der Waals surface area contributed by atoms with Gasteiger partial charge in [-0.25, -0.2) is 0 Å². The highest BCUT2D eigenvalue weighted by molar-refractivity contribution is 5.63. The number of ether oxygens (including phenoxy) is 3. The third-order valence-corrected chi connectivity index (χ3v) is 2.73. The van der Waals surface area contributed by atoms with E-state index < -0.39 is 29.9 Å². The Kier molecular flexibility index (Phi) is 2.84. The average Bonchev–Trinajstić information content (AvgIpc) is 2.67. The smallest absolute Gasteiger partial charge is 0.258 e. The summed E-state index contributed by atoms with van der Waals surface area (Å²) in [5.74, 6) is -2.62. The summed E-state index contributed by atoms with van der Waals surface area (Å²) in [4.78, 5) is 13.7. The number of carbonyl (C=O) groups excluding carboxylic acids is 1. The molecule has 4 atom stereocenters. The first kappa shape index (κ1) is 12.3. The maximum atomic E-state index is 11.1. The van der Waals surface area contributed by atoms with Crippen LogP contribution in [0.4, 0.5) is 0 Å². The predicted molar refractivity (Wildman–Crippen MR) is 53.7 cm³/mol. The second-order valence-electron chi connectivity index (χ2n) is 4.44. The van der Waals surface area contributed by atoms with E-state index in [1.165, 1.54) is 0 Å². The number of fused-ring (bicyclic) bond motifs is 1. The van der Waals surface area contributed by atoms with Crippen molar-refractivity contribution in [3.63, 3.8) is 0 Å². The van der Waals surface area contributed by atoms with Gasteiger partial charge in [0.25, 0.3) is 5.79 Å². The second-order valence-corrected chi connectivity index (χ2v) is 4.44. The first-order valence-electron chi connectivity index (χ1n) is 5.15. The van der Waals surface area contributed by atoms with Gasteiger partial charge < -0.3 is 19.3 Å². The van der Waals surface area contributed by atoms with Gasteiger partial charge in [-0.05, 0) is 19.4 Å². The molecule has 0 aromatic heterocycles. The Labute approximate surface area is 97.1 Å². The van der Waals surface area contributed by atoms with E-state index in [1.807, 2.05) is 0 Å². The lowest BCUT2D eigenvalue weighted by Crippen LogP contribution is -2.42. The van der Waals surface area contributed by atoms with Crippen molar-refractivity contribution in [2.45, 2.75) is 43.7 Å². The highest BCUT2D eigenvalue weighted by atomic mass is 16.9. The molecule has 8 nitrogen and oxygen atoms in total. The van der Waals surface area contributed by atoms with E-state index in [-0.39, 0.29) is 6.54 Å². The standard InChI is InChI=1S/C9H13N3O5/c1-8(2)16-7-6(14)5(3-11-12-10)15-9(7,4-13)17-8/h4-7,14H,3H2,1-2H3/t5-,6+,7-,9-/m0/s1. The van der Waals surface area contributed by atoms with Crippen molar-refractivity contribution >= 4 is 6.29 Å². The molecule has 0 saturated carbocycles. The normalized spacial score (nSPS) is 42.9. The van der Waals surface area contributed by atoms with Crippen LogP contribution in [0.1, 0.15) is 13.8 Å². The topological polar surface area (TPSA) is 114 Å². The average molecular weight is 243 g/mol. The van der Waals surface area contributed by atoms with E-state index in [9.17, 15) is 9.90 Å². The number of nitrogens with zero attached hydrogens (tertiary/aromatic N) is 3. The van der Waals surface area contributed by atoms with Crippen LogP contribution in [0.25, 0.3) is 10.4 Å². The van der Waals surface area contributed by atoms with Crippen molar-refractivity contribution < 1.29 is 24.1 Å². The highest BCUT2D eigenvalue weighted by Crippen LogP contribution is 2.44. The van der Waals surface area contributed by atoms with E-state index in [1.54, 1.807) is 13.8 Å². The van der Waals surface area contributed by atoms with E-state index in [2.05, 4.69) is 10.0 Å². The summed E-state index contributed by atoms with van der Waals surface area (Å²) < 4.78 is 16.2. The lowest BCUT2D eigenvalue weighted by Gasteiger charge is -2.24. The first-order valence-corrected chi connectivity index (χ1v) is 5.15. The minimum atomic E-state index is -1.61. The van der Waals surface area contributed by atoms with Gasteiger partial charge in [0, 0.05) is 4.91 Å². The van der Waals surface area contributed by atoms with Crippen LogP contribution >= 0.6 is 0 Å². The number of aliphatic hydroxyl groups excluding tert-OH is 1. The molecule has 0 bridgehead atoms. The number of rotatable bonds is 3. The number of hydrogen-bond donors (Lipinski definition) is 1. The zero-order valence-electron chi connectivity index (χ0n) is 9.44. The quantitative estimate of drug-likeness (QED) is 0.327. The molecule has 0 unspecified atom stereocenters. The van der Waals surface area contributed by atoms with Gasteiger partial charge in [-0.1, -0.05) is 5.11 Å². The van der Waals surface area contributed by atoms with E-state index in [0.29, 0.717) is 6.29 Å². The van der Waals surface area contributed by atoms with Crippen LogP contribution in [0.15, 0.2) is 5.11 Å². The maximum Gasteiger partial charge on any atom is 0.258 e. The van der Waals surface area contributed by atoms with Gasteiger partial charge in [-0.15, -0.1) is 0 Å². The van der Waals surface area contributed by atoms with Crippen LogP contribution in [-0.2, 0) is 19.0 Å². The summed E-state index contributed by atoms with van der Waals surface area (Å²) in [7, 11) is 0. The van der Waals surface area contributed by atoms with E-state index in [4.69, 9.17) is 19.7 Å². The third-order valence-electron chi connectivity index (χ3n) is 2.73. The monoisotopic (exact) mass is 243 g/mol. The van der Waals surface area contributed by atoms with E-state index in [0.717, 1.165) is 0 Å². The fourth-order valence-corrected chi connectivity index (χ4v) is 2.14. The minimum Gasteiger partial charge on any atom is -0.387 e. The molecule has 2 fully saturated rings. The molecule has 2 heterocycles. The molecule has 0 aromatic rings. The number of aliphatic hydroxyl groups is 1. The zero-order valence-corrected chi connectivity index (χ0v) is 9.44. The summed E-state index contributed by atoms with van der Waals surface area (Å²) >= 11 is 0. The molecule has 2 aliphatic heterocycles. The largest absolute Gasteiger partial charge is 0.387 e. The fraction of sp³-hybridized carbons (Fsp3) is 0.889. The first-order chi connectivity index (χ1) is 7.94. The molecule has 94 valence electrons. The summed E-state index contributed by atoms with van der Waals surface area (Å²) in [6, 6.07) is 0. The van der Waals surface area contributed by atoms with Crippen molar-refractivity contribution in [3.8, 4) is 0 Å². The van der Waals surface area contributed by atoms with Gasteiger partial charge in [-0.3, -0.25) is 4.79 Å². The third kappa shape index (κ3) is 1.90. The lowest BCUT2D eigenvalue weighted by atomic mass is 10.1. The molecule has 2 rings (SSSR count). The van der Waals surface area contributed by atoms with Crippen LogP contribution < -0.4 is 0 Å². The lowest BCUT2D eigenvalue weighted by molar-refractivity contribution is -0.246. The Bertz CT molecular complexity index is 381. The molecular formula is C9H13N3O5. The molecule has 0 spiro atoms. The van der Waals surface area contributed by atoms with Crippen LogP contribution in [0, 0.1) is 0 Å². The Balaban J connectivity index is 2.21. The Morgan fingerprint density at radius 1 is 1.53 bits per heavy atom. The zero-order chi connectivity index (χ0) is 12.7. The molecule has 17 heavy (non-hydrogen) atoms. The van der Waals surface area contributed by atoms with E-state index >= 15 is 0 Å². The Hall–Kier alpha value is -1.18. The molecular weight excluding hydrogens is 230 g/mol. The Morgan fingerprint density at radius 2 is 2.24 bits per heavy atom. The summed E-state index contributed by atoms with van der Waals surface area (Å²) in [5, 5.41) is 13.2. The van der Waals surface area contributed by atoms with Crippen molar-refractivity contribution in [1.29, 1.82) is 0 Å². The SMILES string of the molecule is CC1(C)O[C@H]2[C@H](O)[C@H](CN=[N+]=[N-])O[C@@]2(C=O)O1. The van der Waals surface area contributed by atoms with Crippen molar-refractivity contribution in [2.24, 2.45) is 5.11 Å². The summed E-state index contributed by atoms with van der Waals surface area (Å²) in [5.41, 5.74) is 8.21. The maximum absolute atomic E-state index is 11.1. The van der Waals surface area contributed by atoms with Crippen molar-refractivity contribution in [3.05, 3.63) is 10.4 Å². The molecule has 0 aliphatic carbocycles. The highest BCUT2D eigenvalue weighted by Gasteiger charge is 2.64. The fourth-order valence-electron chi connectivity index (χ4n) is 2.14. The van der Waals surface area contributed by atoms with Gasteiger partial charge >= 0.3 is 0 Å². The molecule has 0 amide bonds. The van der Waals surface area contributed by atoms with Crippen LogP contribution in [-0.4, -0.2) is 47.8 Å². The summed E-state index contributed by atoms with van der Waals surface area (Å²) in [6.07, 6.45) is -2.33. The number of hydrogen-bond acceptors (Lipinski definition) is 6. The van der Waals surface area contributed by atoms with Crippen LogP contribution in [0.3, 0.4) is 0 Å². The number of carbonyl (C=O) groups is 1. The molecule has 1 N–H and O–H groups in total.